The van der Waals surface area contributed by atoms with Crippen LogP contribution < -0.4 is 20.7 Å². The number of hydrogen-bond acceptors (Lipinski definition) is 6. The van der Waals surface area contributed by atoms with Gasteiger partial charge in [-0.1, -0.05) is 60.3 Å². The van der Waals surface area contributed by atoms with Gasteiger partial charge in [0, 0.05) is 17.1 Å². The second-order valence-corrected chi connectivity index (χ2v) is 10.1. The van der Waals surface area contributed by atoms with Gasteiger partial charge in [0.2, 0.25) is 5.91 Å². The van der Waals surface area contributed by atoms with Gasteiger partial charge in [0.05, 0.1) is 18.4 Å². The summed E-state index contributed by atoms with van der Waals surface area (Å²) < 4.78 is 5.54. The average Bonchev–Trinajstić information content (AvgIpc) is 2.90. The quantitative estimate of drug-likeness (QED) is 0.355. The maximum Gasteiger partial charge on any atom is 0.255 e. The number of ether oxygens (including phenoxy) is 1. The summed E-state index contributed by atoms with van der Waals surface area (Å²) >= 11 is 1.30. The zero-order chi connectivity index (χ0) is 27.2. The van der Waals surface area contributed by atoms with Gasteiger partial charge >= 0.3 is 0 Å². The van der Waals surface area contributed by atoms with E-state index >= 15 is 0 Å². The Morgan fingerprint density at radius 3 is 2.32 bits per heavy atom. The lowest BCUT2D eigenvalue weighted by Gasteiger charge is -2.27. The number of amidine groups is 1. The highest BCUT2D eigenvalue weighted by Crippen LogP contribution is 2.35. The van der Waals surface area contributed by atoms with E-state index in [2.05, 4.69) is 16.0 Å². The molecule has 8 heteroatoms. The van der Waals surface area contributed by atoms with Crippen molar-refractivity contribution in [3.05, 3.63) is 100 Å². The lowest BCUT2D eigenvalue weighted by Crippen LogP contribution is -2.32. The highest BCUT2D eigenvalue weighted by molar-refractivity contribution is 8.14. The molecular formula is C30H32N4O3S. The van der Waals surface area contributed by atoms with Crippen LogP contribution in [0.2, 0.25) is 0 Å². The lowest BCUT2D eigenvalue weighted by molar-refractivity contribution is -0.114. The number of nitrogens with one attached hydrogen (secondary N) is 3. The molecule has 3 aromatic carbocycles. The van der Waals surface area contributed by atoms with E-state index in [1.54, 1.807) is 7.11 Å². The van der Waals surface area contributed by atoms with Crippen LogP contribution in [0.1, 0.15) is 35.2 Å². The molecule has 0 spiro atoms. The van der Waals surface area contributed by atoms with Gasteiger partial charge in [0.25, 0.3) is 5.91 Å². The number of amides is 2. The minimum atomic E-state index is -0.571. The Morgan fingerprint density at radius 1 is 0.921 bits per heavy atom. The van der Waals surface area contributed by atoms with Crippen LogP contribution in [-0.2, 0) is 9.59 Å². The summed E-state index contributed by atoms with van der Waals surface area (Å²) in [6.07, 6.45) is 0. The van der Waals surface area contributed by atoms with Crippen molar-refractivity contribution in [1.82, 2.24) is 5.32 Å². The van der Waals surface area contributed by atoms with Crippen molar-refractivity contribution in [2.45, 2.75) is 33.7 Å². The summed E-state index contributed by atoms with van der Waals surface area (Å²) in [5.74, 6) is 0.521. The third-order valence-electron chi connectivity index (χ3n) is 6.33. The number of anilines is 2. The molecule has 38 heavy (non-hydrogen) atoms. The minimum absolute atomic E-state index is 0.125. The van der Waals surface area contributed by atoms with Crippen LogP contribution in [0.5, 0.6) is 5.75 Å². The van der Waals surface area contributed by atoms with Gasteiger partial charge in [-0.05, 0) is 68.1 Å². The molecule has 0 unspecified atom stereocenters. The number of carbonyl (C=O) groups excluding carboxylic acids is 2. The molecule has 0 bridgehead atoms. The first-order valence-corrected chi connectivity index (χ1v) is 13.3. The first-order valence-electron chi connectivity index (χ1n) is 12.3. The Kier molecular flexibility index (Phi) is 8.53. The van der Waals surface area contributed by atoms with E-state index in [0.29, 0.717) is 22.1 Å². The number of rotatable bonds is 7. The van der Waals surface area contributed by atoms with Crippen molar-refractivity contribution < 1.29 is 14.3 Å². The summed E-state index contributed by atoms with van der Waals surface area (Å²) in [5.41, 5.74) is 6.55. The molecule has 3 N–H and O–H groups in total. The number of thioether (sulfide) groups is 1. The zero-order valence-electron chi connectivity index (χ0n) is 22.2. The molecule has 1 atom stereocenters. The van der Waals surface area contributed by atoms with E-state index < -0.39 is 6.04 Å². The van der Waals surface area contributed by atoms with E-state index in [1.165, 1.54) is 11.8 Å². The topological polar surface area (TPSA) is 91.8 Å². The van der Waals surface area contributed by atoms with Gasteiger partial charge in [-0.15, -0.1) is 0 Å². The normalized spacial score (nSPS) is 14.9. The molecule has 0 saturated heterocycles. The molecule has 4 rings (SSSR count). The number of hydrogen-bond donors (Lipinski definition) is 3. The number of allylic oxidation sites excluding steroid dienone is 1. The van der Waals surface area contributed by atoms with Crippen molar-refractivity contribution in [2.24, 2.45) is 4.99 Å². The van der Waals surface area contributed by atoms with Gasteiger partial charge in [0.1, 0.15) is 11.8 Å². The molecular weight excluding hydrogens is 496 g/mol. The SMILES string of the molecule is COc1cc([C@H]2N=C(SCC(=O)Nc3c(C)cccc3C)NC(C)=C2C(=O)Nc2ccccc2)ccc1C. The van der Waals surface area contributed by atoms with Gasteiger partial charge in [-0.2, -0.15) is 0 Å². The number of carbonyl (C=O) groups is 2. The first kappa shape index (κ1) is 27.0. The number of benzene rings is 3. The molecule has 0 aliphatic carbocycles. The molecule has 1 heterocycles. The number of nitrogens with zero attached hydrogens (tertiary/aromatic N) is 1. The fraction of sp³-hybridized carbons (Fsp3) is 0.233. The van der Waals surface area contributed by atoms with Crippen LogP contribution in [0.3, 0.4) is 0 Å². The molecule has 0 aromatic heterocycles. The van der Waals surface area contributed by atoms with Crippen LogP contribution in [0.25, 0.3) is 0 Å². The monoisotopic (exact) mass is 528 g/mol. The molecule has 0 radical (unpaired) electrons. The molecule has 7 nitrogen and oxygen atoms in total. The number of para-hydroxylation sites is 2. The van der Waals surface area contributed by atoms with E-state index in [1.807, 2.05) is 94.4 Å². The second-order valence-electron chi connectivity index (χ2n) is 9.15. The highest BCUT2D eigenvalue weighted by atomic mass is 32.2. The lowest BCUT2D eigenvalue weighted by atomic mass is 9.94. The average molecular weight is 529 g/mol. The Morgan fingerprint density at radius 2 is 1.63 bits per heavy atom. The van der Waals surface area contributed by atoms with E-state index in [4.69, 9.17) is 9.73 Å². The fourth-order valence-corrected chi connectivity index (χ4v) is 5.05. The Hall–Kier alpha value is -4.04. The van der Waals surface area contributed by atoms with Crippen LogP contribution >= 0.6 is 11.8 Å². The molecule has 3 aromatic rings. The molecule has 196 valence electrons. The van der Waals surface area contributed by atoms with Crippen LogP contribution in [0.15, 0.2) is 83.0 Å². The van der Waals surface area contributed by atoms with Crippen molar-refractivity contribution >= 4 is 40.1 Å². The highest BCUT2D eigenvalue weighted by Gasteiger charge is 2.30. The summed E-state index contributed by atoms with van der Waals surface area (Å²) in [7, 11) is 1.62. The van der Waals surface area contributed by atoms with E-state index in [9.17, 15) is 9.59 Å². The van der Waals surface area contributed by atoms with E-state index in [0.717, 1.165) is 33.7 Å². The first-order chi connectivity index (χ1) is 18.3. The molecule has 0 saturated carbocycles. The maximum atomic E-state index is 13.4. The molecule has 2 amide bonds. The predicted molar refractivity (Wildman–Crippen MR) is 156 cm³/mol. The van der Waals surface area contributed by atoms with Crippen molar-refractivity contribution in [3.63, 3.8) is 0 Å². The summed E-state index contributed by atoms with van der Waals surface area (Å²) in [4.78, 5) is 31.1. The van der Waals surface area contributed by atoms with Gasteiger partial charge in [-0.3, -0.25) is 9.59 Å². The summed E-state index contributed by atoms with van der Waals surface area (Å²) in [6, 6.07) is 20.5. The predicted octanol–water partition coefficient (Wildman–Crippen LogP) is 5.91. The summed E-state index contributed by atoms with van der Waals surface area (Å²) in [6.45, 7) is 7.76. The standard InChI is InChI=1S/C30H32N4O3S/c1-18-14-15-22(16-24(18)37-5)28-26(29(36)32-23-12-7-6-8-13-23)21(4)31-30(34-28)38-17-25(35)33-27-19(2)10-9-11-20(27)3/h6-16,28H,17H2,1-5H3,(H,31,34)(H,32,36)(H,33,35)/t28-/m1/s1. The van der Waals surface area contributed by atoms with Crippen molar-refractivity contribution in [3.8, 4) is 5.75 Å². The van der Waals surface area contributed by atoms with Crippen molar-refractivity contribution in [2.75, 3.05) is 23.5 Å². The smallest absolute Gasteiger partial charge is 0.255 e. The molecule has 0 fully saturated rings. The van der Waals surface area contributed by atoms with Crippen LogP contribution in [0.4, 0.5) is 11.4 Å². The van der Waals surface area contributed by atoms with E-state index in [-0.39, 0.29) is 17.6 Å². The second kappa shape index (κ2) is 12.0. The third-order valence-corrected chi connectivity index (χ3v) is 7.22. The summed E-state index contributed by atoms with van der Waals surface area (Å²) in [5, 5.41) is 9.79. The zero-order valence-corrected chi connectivity index (χ0v) is 23.0. The number of aryl methyl sites for hydroxylation is 3. The van der Waals surface area contributed by atoms with Gasteiger partial charge < -0.3 is 20.7 Å². The number of aliphatic imine (C=N–C) groups is 1. The Labute approximate surface area is 227 Å². The Bertz CT molecular complexity index is 1400. The van der Waals surface area contributed by atoms with Crippen LogP contribution in [0, 0.1) is 20.8 Å². The van der Waals surface area contributed by atoms with Crippen LogP contribution in [-0.4, -0.2) is 29.8 Å². The maximum absolute atomic E-state index is 13.4. The van der Waals surface area contributed by atoms with Crippen molar-refractivity contribution in [1.29, 1.82) is 0 Å². The Balaban J connectivity index is 1.58. The number of methoxy groups -OCH3 is 1. The molecule has 1 aliphatic rings. The fourth-order valence-electron chi connectivity index (χ4n) is 4.30. The van der Waals surface area contributed by atoms with Gasteiger partial charge in [-0.25, -0.2) is 4.99 Å². The minimum Gasteiger partial charge on any atom is -0.496 e. The largest absolute Gasteiger partial charge is 0.496 e. The van der Waals surface area contributed by atoms with Gasteiger partial charge in [0.15, 0.2) is 5.17 Å². The third kappa shape index (κ3) is 6.26. The molecule has 1 aliphatic heterocycles.